The van der Waals surface area contributed by atoms with Gasteiger partial charge in [0.2, 0.25) is 0 Å². The first-order valence-corrected chi connectivity index (χ1v) is 7.58. The van der Waals surface area contributed by atoms with E-state index in [4.69, 9.17) is 10.5 Å². The van der Waals surface area contributed by atoms with Crippen molar-refractivity contribution in [3.8, 4) is 5.75 Å². The van der Waals surface area contributed by atoms with Crippen LogP contribution in [0.25, 0.3) is 0 Å². The first-order chi connectivity index (χ1) is 10.1. The number of carbonyl (C=O) groups excluding carboxylic acids is 1. The van der Waals surface area contributed by atoms with Gasteiger partial charge in [0.25, 0.3) is 5.91 Å². The first-order valence-electron chi connectivity index (χ1n) is 7.58. The second kappa shape index (κ2) is 5.80. The number of rotatable bonds is 6. The van der Waals surface area contributed by atoms with E-state index >= 15 is 0 Å². The van der Waals surface area contributed by atoms with E-state index in [-0.39, 0.29) is 6.61 Å². The van der Waals surface area contributed by atoms with Crippen LogP contribution in [-0.2, 0) is 4.79 Å². The zero-order valence-corrected chi connectivity index (χ0v) is 12.3. The number of nitrogens with one attached hydrogen (secondary N) is 1. The highest BCUT2D eigenvalue weighted by Crippen LogP contribution is 2.45. The molecule has 4 nitrogen and oxygen atoms in total. The van der Waals surface area contributed by atoms with Crippen molar-refractivity contribution in [2.75, 3.05) is 11.9 Å². The second-order valence-corrected chi connectivity index (χ2v) is 6.16. The standard InChI is InChI=1S/C17H22N2O2/c1-11(16-9-12-2-3-13(16)8-12)19-14-4-6-15(7-5-14)21-10-17(18)20/h2-7,11-13,16,19H,8-10H2,1H3,(H2,18,20). The molecule has 1 aromatic rings. The maximum Gasteiger partial charge on any atom is 0.255 e. The van der Waals surface area contributed by atoms with Gasteiger partial charge in [0.1, 0.15) is 5.75 Å². The number of primary amides is 1. The van der Waals surface area contributed by atoms with E-state index < -0.39 is 5.91 Å². The molecular weight excluding hydrogens is 264 g/mol. The molecule has 4 heteroatoms. The highest BCUT2D eigenvalue weighted by atomic mass is 16.5. The molecule has 4 atom stereocenters. The Labute approximate surface area is 125 Å². The Bertz CT molecular complexity index is 538. The van der Waals surface area contributed by atoms with Crippen LogP contribution in [0, 0.1) is 17.8 Å². The van der Waals surface area contributed by atoms with Gasteiger partial charge < -0.3 is 15.8 Å². The Morgan fingerprint density at radius 2 is 2.10 bits per heavy atom. The van der Waals surface area contributed by atoms with Crippen molar-refractivity contribution in [1.29, 1.82) is 0 Å². The average molecular weight is 286 g/mol. The predicted octanol–water partition coefficient (Wildman–Crippen LogP) is 2.56. The first kappa shape index (κ1) is 14.0. The number of benzene rings is 1. The lowest BCUT2D eigenvalue weighted by atomic mass is 9.87. The van der Waals surface area contributed by atoms with Crippen LogP contribution in [0.3, 0.4) is 0 Å². The van der Waals surface area contributed by atoms with Crippen LogP contribution in [0.2, 0.25) is 0 Å². The van der Waals surface area contributed by atoms with Gasteiger partial charge in [-0.2, -0.15) is 0 Å². The van der Waals surface area contributed by atoms with Crippen LogP contribution >= 0.6 is 0 Å². The number of amides is 1. The summed E-state index contributed by atoms with van der Waals surface area (Å²) in [5.41, 5.74) is 6.14. The topological polar surface area (TPSA) is 64.3 Å². The molecule has 0 radical (unpaired) electrons. The number of fused-ring (bicyclic) bond motifs is 2. The maximum atomic E-state index is 10.7. The summed E-state index contributed by atoms with van der Waals surface area (Å²) in [7, 11) is 0. The summed E-state index contributed by atoms with van der Waals surface area (Å²) < 4.78 is 5.26. The lowest BCUT2D eigenvalue weighted by Crippen LogP contribution is -2.28. The highest BCUT2D eigenvalue weighted by molar-refractivity contribution is 5.75. The van der Waals surface area contributed by atoms with Gasteiger partial charge in [-0.25, -0.2) is 0 Å². The normalized spacial score (nSPS) is 27.6. The molecule has 0 aliphatic heterocycles. The van der Waals surface area contributed by atoms with Gasteiger partial charge in [0.05, 0.1) is 0 Å². The van der Waals surface area contributed by atoms with Gasteiger partial charge in [-0.15, -0.1) is 0 Å². The van der Waals surface area contributed by atoms with E-state index in [1.807, 2.05) is 24.3 Å². The number of hydrogen-bond acceptors (Lipinski definition) is 3. The minimum Gasteiger partial charge on any atom is -0.484 e. The molecule has 2 aliphatic carbocycles. The Hall–Kier alpha value is -1.97. The van der Waals surface area contributed by atoms with E-state index in [1.54, 1.807) is 0 Å². The molecular formula is C17H22N2O2. The smallest absolute Gasteiger partial charge is 0.255 e. The minimum atomic E-state index is -0.463. The summed E-state index contributed by atoms with van der Waals surface area (Å²) >= 11 is 0. The summed E-state index contributed by atoms with van der Waals surface area (Å²) in [4.78, 5) is 10.7. The van der Waals surface area contributed by atoms with Gasteiger partial charge in [-0.1, -0.05) is 12.2 Å². The predicted molar refractivity (Wildman–Crippen MR) is 83.1 cm³/mol. The van der Waals surface area contributed by atoms with Crippen molar-refractivity contribution in [3.05, 3.63) is 36.4 Å². The highest BCUT2D eigenvalue weighted by Gasteiger charge is 2.38. The Morgan fingerprint density at radius 1 is 1.33 bits per heavy atom. The molecule has 2 aliphatic rings. The van der Waals surface area contributed by atoms with Gasteiger partial charge in [0.15, 0.2) is 6.61 Å². The molecule has 1 saturated carbocycles. The molecule has 3 N–H and O–H groups in total. The fourth-order valence-corrected chi connectivity index (χ4v) is 3.57. The van der Waals surface area contributed by atoms with Crippen LogP contribution in [0.4, 0.5) is 5.69 Å². The Morgan fingerprint density at radius 3 is 2.67 bits per heavy atom. The average Bonchev–Trinajstić information content (AvgIpc) is 3.09. The van der Waals surface area contributed by atoms with Crippen LogP contribution in [0.1, 0.15) is 19.8 Å². The quantitative estimate of drug-likeness (QED) is 0.790. The molecule has 0 saturated heterocycles. The van der Waals surface area contributed by atoms with Crippen LogP contribution in [0.5, 0.6) is 5.75 Å². The number of ether oxygens (including phenoxy) is 1. The van der Waals surface area contributed by atoms with Crippen molar-refractivity contribution in [3.63, 3.8) is 0 Å². The maximum absolute atomic E-state index is 10.7. The van der Waals surface area contributed by atoms with Crippen LogP contribution in [0.15, 0.2) is 36.4 Å². The Balaban J connectivity index is 1.55. The molecule has 4 unspecified atom stereocenters. The van der Waals surface area contributed by atoms with Crippen molar-refractivity contribution in [2.45, 2.75) is 25.8 Å². The van der Waals surface area contributed by atoms with Crippen molar-refractivity contribution in [1.82, 2.24) is 0 Å². The largest absolute Gasteiger partial charge is 0.484 e. The molecule has 21 heavy (non-hydrogen) atoms. The van der Waals surface area contributed by atoms with E-state index in [2.05, 4.69) is 24.4 Å². The summed E-state index contributed by atoms with van der Waals surface area (Å²) in [6.45, 7) is 2.18. The lowest BCUT2D eigenvalue weighted by Gasteiger charge is -2.27. The third-order valence-electron chi connectivity index (χ3n) is 4.60. The molecule has 3 rings (SSSR count). The number of anilines is 1. The molecule has 1 fully saturated rings. The fraction of sp³-hybridized carbons (Fsp3) is 0.471. The van der Waals surface area contributed by atoms with E-state index in [1.165, 1.54) is 12.8 Å². The molecule has 1 aromatic carbocycles. The van der Waals surface area contributed by atoms with Gasteiger partial charge in [0, 0.05) is 11.7 Å². The number of allylic oxidation sites excluding steroid dienone is 2. The summed E-state index contributed by atoms with van der Waals surface area (Å²) in [6, 6.07) is 8.14. The molecule has 0 spiro atoms. The van der Waals surface area contributed by atoms with E-state index in [0.29, 0.717) is 11.8 Å². The summed E-state index contributed by atoms with van der Waals surface area (Å²) in [6.07, 6.45) is 7.39. The zero-order chi connectivity index (χ0) is 14.8. The monoisotopic (exact) mass is 286 g/mol. The number of nitrogens with two attached hydrogens (primary N) is 1. The summed E-state index contributed by atoms with van der Waals surface area (Å²) in [5, 5.41) is 3.58. The van der Waals surface area contributed by atoms with Crippen LogP contribution < -0.4 is 15.8 Å². The van der Waals surface area contributed by atoms with E-state index in [9.17, 15) is 4.79 Å². The number of hydrogen-bond donors (Lipinski definition) is 2. The van der Waals surface area contributed by atoms with Gasteiger partial charge in [-0.3, -0.25) is 4.79 Å². The fourth-order valence-electron chi connectivity index (χ4n) is 3.57. The van der Waals surface area contributed by atoms with Gasteiger partial charge in [-0.05, 0) is 61.8 Å². The molecule has 1 amide bonds. The molecule has 0 aromatic heterocycles. The van der Waals surface area contributed by atoms with Crippen LogP contribution in [-0.4, -0.2) is 18.6 Å². The minimum absolute atomic E-state index is 0.0827. The zero-order valence-electron chi connectivity index (χ0n) is 12.3. The third kappa shape index (κ3) is 3.20. The van der Waals surface area contributed by atoms with Crippen molar-refractivity contribution < 1.29 is 9.53 Å². The van der Waals surface area contributed by atoms with Crippen molar-refractivity contribution in [2.24, 2.45) is 23.5 Å². The second-order valence-electron chi connectivity index (χ2n) is 6.16. The third-order valence-corrected chi connectivity index (χ3v) is 4.60. The van der Waals surface area contributed by atoms with Crippen molar-refractivity contribution >= 4 is 11.6 Å². The lowest BCUT2D eigenvalue weighted by molar-refractivity contribution is -0.119. The molecule has 112 valence electrons. The molecule has 0 heterocycles. The molecule has 2 bridgehead atoms. The van der Waals surface area contributed by atoms with Gasteiger partial charge >= 0.3 is 0 Å². The van der Waals surface area contributed by atoms with E-state index in [0.717, 1.165) is 23.4 Å². The summed E-state index contributed by atoms with van der Waals surface area (Å²) in [5.74, 6) is 2.47. The SMILES string of the molecule is CC(Nc1ccc(OCC(N)=O)cc1)C1CC2C=CC1C2. The Kier molecular flexibility index (Phi) is 3.86. The number of carbonyl (C=O) groups is 1.